The van der Waals surface area contributed by atoms with Crippen LogP contribution in [0.25, 0.3) is 0 Å². The van der Waals surface area contributed by atoms with Gasteiger partial charge in [0.1, 0.15) is 17.8 Å². The fourth-order valence-corrected chi connectivity index (χ4v) is 4.41. The third kappa shape index (κ3) is 4.91. The first kappa shape index (κ1) is 22.2. The highest BCUT2D eigenvalue weighted by atomic mass is 16.5. The van der Waals surface area contributed by atoms with E-state index in [4.69, 9.17) is 9.47 Å². The van der Waals surface area contributed by atoms with Crippen molar-refractivity contribution in [2.45, 2.75) is 26.7 Å². The maximum atomic E-state index is 13.1. The molecule has 6 heteroatoms. The Morgan fingerprint density at radius 2 is 1.72 bits per heavy atom. The summed E-state index contributed by atoms with van der Waals surface area (Å²) < 4.78 is 11.3. The Labute approximate surface area is 191 Å². The van der Waals surface area contributed by atoms with Crippen molar-refractivity contribution in [3.8, 4) is 11.5 Å². The highest BCUT2D eigenvalue weighted by Gasteiger charge is 2.24. The largest absolute Gasteiger partial charge is 0.495 e. The van der Waals surface area contributed by atoms with Crippen LogP contribution in [0.4, 0.5) is 5.69 Å². The van der Waals surface area contributed by atoms with E-state index in [0.29, 0.717) is 17.9 Å². The minimum absolute atomic E-state index is 0.0247. The Morgan fingerprint density at radius 3 is 2.50 bits per heavy atom. The minimum atomic E-state index is 0.0247. The number of carbonyl (C=O) groups is 1. The number of allylic oxidation sites excluding steroid dienone is 1. The van der Waals surface area contributed by atoms with Crippen LogP contribution in [0.15, 0.2) is 54.4 Å². The molecule has 32 heavy (non-hydrogen) atoms. The topological polar surface area (TPSA) is 45.2 Å². The number of amides is 1. The SMILES string of the molecule is COc1ccccc1N1CCN(CCCCN2C(=O)c3ccc(C)cc3OC=C2C)CC1. The van der Waals surface area contributed by atoms with E-state index in [0.717, 1.165) is 62.6 Å². The van der Waals surface area contributed by atoms with E-state index >= 15 is 0 Å². The monoisotopic (exact) mass is 435 g/mol. The first-order chi connectivity index (χ1) is 15.6. The van der Waals surface area contributed by atoms with Crippen LogP contribution < -0.4 is 14.4 Å². The molecule has 6 nitrogen and oxygen atoms in total. The van der Waals surface area contributed by atoms with E-state index in [-0.39, 0.29) is 5.91 Å². The zero-order chi connectivity index (χ0) is 22.5. The standard InChI is InChI=1S/C26H33N3O3/c1-20-10-11-22-25(18-20)32-19-21(2)29(26(22)30)13-7-6-12-27-14-16-28(17-15-27)23-8-4-5-9-24(23)31-3/h4-5,8-11,18-19H,6-7,12-17H2,1-3H3. The number of hydrogen-bond donors (Lipinski definition) is 0. The molecule has 0 unspecified atom stereocenters. The number of benzene rings is 2. The number of nitrogens with zero attached hydrogens (tertiary/aromatic N) is 3. The Bertz CT molecular complexity index is 980. The number of anilines is 1. The van der Waals surface area contributed by atoms with Gasteiger partial charge in [-0.25, -0.2) is 0 Å². The lowest BCUT2D eigenvalue weighted by Crippen LogP contribution is -2.46. The summed E-state index contributed by atoms with van der Waals surface area (Å²) >= 11 is 0. The number of ether oxygens (including phenoxy) is 2. The van der Waals surface area contributed by atoms with Gasteiger partial charge in [-0.1, -0.05) is 18.2 Å². The number of fused-ring (bicyclic) bond motifs is 1. The van der Waals surface area contributed by atoms with Gasteiger partial charge < -0.3 is 19.3 Å². The average Bonchev–Trinajstić information content (AvgIpc) is 2.93. The van der Waals surface area contributed by atoms with Crippen molar-refractivity contribution in [3.63, 3.8) is 0 Å². The van der Waals surface area contributed by atoms with Crippen molar-refractivity contribution in [2.24, 2.45) is 0 Å². The number of carbonyl (C=O) groups excluding carboxylic acids is 1. The van der Waals surface area contributed by atoms with E-state index in [9.17, 15) is 4.79 Å². The van der Waals surface area contributed by atoms with E-state index in [1.54, 1.807) is 13.4 Å². The average molecular weight is 436 g/mol. The van der Waals surface area contributed by atoms with Gasteiger partial charge in [-0.05, 0) is 63.1 Å². The van der Waals surface area contributed by atoms with Crippen LogP contribution >= 0.6 is 0 Å². The number of aryl methyl sites for hydroxylation is 1. The first-order valence-corrected chi connectivity index (χ1v) is 11.4. The molecule has 0 radical (unpaired) electrons. The normalized spacial score (nSPS) is 16.8. The van der Waals surface area contributed by atoms with Crippen LogP contribution in [0.5, 0.6) is 11.5 Å². The Hall–Kier alpha value is -2.99. The lowest BCUT2D eigenvalue weighted by atomic mass is 10.1. The van der Waals surface area contributed by atoms with E-state index in [1.807, 2.05) is 49.1 Å². The molecule has 0 spiro atoms. The van der Waals surface area contributed by atoms with Crippen LogP contribution in [0, 0.1) is 6.92 Å². The quantitative estimate of drug-likeness (QED) is 0.607. The lowest BCUT2D eigenvalue weighted by molar-refractivity contribution is 0.0804. The maximum absolute atomic E-state index is 13.1. The molecule has 170 valence electrons. The molecule has 1 fully saturated rings. The van der Waals surface area contributed by atoms with Crippen molar-refractivity contribution in [3.05, 3.63) is 65.6 Å². The van der Waals surface area contributed by atoms with Crippen LogP contribution in [-0.4, -0.2) is 62.1 Å². The molecule has 0 aliphatic carbocycles. The number of unbranched alkanes of at least 4 members (excludes halogenated alkanes) is 1. The number of rotatable bonds is 7. The summed E-state index contributed by atoms with van der Waals surface area (Å²) in [6.45, 7) is 9.79. The molecule has 0 N–H and O–H groups in total. The van der Waals surface area contributed by atoms with Gasteiger partial charge in [0.25, 0.3) is 5.91 Å². The van der Waals surface area contributed by atoms with E-state index < -0.39 is 0 Å². The van der Waals surface area contributed by atoms with Crippen LogP contribution in [0.1, 0.15) is 35.7 Å². The minimum Gasteiger partial charge on any atom is -0.495 e. The highest BCUT2D eigenvalue weighted by Crippen LogP contribution is 2.29. The van der Waals surface area contributed by atoms with Gasteiger partial charge in [-0.15, -0.1) is 0 Å². The van der Waals surface area contributed by atoms with Crippen molar-refractivity contribution in [2.75, 3.05) is 51.3 Å². The second-order valence-electron chi connectivity index (χ2n) is 8.54. The number of methoxy groups -OCH3 is 1. The van der Waals surface area contributed by atoms with Gasteiger partial charge in [0.15, 0.2) is 0 Å². The van der Waals surface area contributed by atoms with Gasteiger partial charge in [-0.3, -0.25) is 9.69 Å². The van der Waals surface area contributed by atoms with Crippen LogP contribution in [0.2, 0.25) is 0 Å². The fourth-order valence-electron chi connectivity index (χ4n) is 4.41. The molecule has 0 saturated carbocycles. The van der Waals surface area contributed by atoms with E-state index in [2.05, 4.69) is 21.9 Å². The smallest absolute Gasteiger partial charge is 0.261 e. The highest BCUT2D eigenvalue weighted by molar-refractivity contribution is 5.98. The van der Waals surface area contributed by atoms with Crippen LogP contribution in [0.3, 0.4) is 0 Å². The molecule has 2 heterocycles. The lowest BCUT2D eigenvalue weighted by Gasteiger charge is -2.36. The molecule has 0 atom stereocenters. The zero-order valence-electron chi connectivity index (χ0n) is 19.3. The summed E-state index contributed by atoms with van der Waals surface area (Å²) in [6, 6.07) is 14.0. The van der Waals surface area contributed by atoms with Crippen molar-refractivity contribution in [1.82, 2.24) is 9.80 Å². The summed E-state index contributed by atoms with van der Waals surface area (Å²) in [5, 5.41) is 0. The van der Waals surface area contributed by atoms with Gasteiger partial charge in [0.2, 0.25) is 0 Å². The summed E-state index contributed by atoms with van der Waals surface area (Å²) in [5.41, 5.74) is 3.75. The summed E-state index contributed by atoms with van der Waals surface area (Å²) in [6.07, 6.45) is 3.72. The molecule has 2 aromatic rings. The molecule has 1 amide bonds. The van der Waals surface area contributed by atoms with E-state index in [1.165, 1.54) is 5.69 Å². The molecular weight excluding hydrogens is 402 g/mol. The van der Waals surface area contributed by atoms with Gasteiger partial charge in [0, 0.05) is 32.7 Å². The summed E-state index contributed by atoms with van der Waals surface area (Å²) in [5.74, 6) is 1.61. The predicted molar refractivity (Wildman–Crippen MR) is 127 cm³/mol. The van der Waals surface area contributed by atoms with Gasteiger partial charge in [0.05, 0.1) is 24.1 Å². The number of piperazine rings is 1. The fraction of sp³-hybridized carbons (Fsp3) is 0.423. The molecular formula is C26H33N3O3. The van der Waals surface area contributed by atoms with Crippen molar-refractivity contribution in [1.29, 1.82) is 0 Å². The number of para-hydroxylation sites is 2. The maximum Gasteiger partial charge on any atom is 0.261 e. The summed E-state index contributed by atoms with van der Waals surface area (Å²) in [4.78, 5) is 19.8. The molecule has 0 bridgehead atoms. The second-order valence-corrected chi connectivity index (χ2v) is 8.54. The molecule has 4 rings (SSSR count). The first-order valence-electron chi connectivity index (χ1n) is 11.4. The number of hydrogen-bond acceptors (Lipinski definition) is 5. The van der Waals surface area contributed by atoms with Crippen molar-refractivity contribution < 1.29 is 14.3 Å². The molecule has 2 aliphatic rings. The Morgan fingerprint density at radius 1 is 0.969 bits per heavy atom. The Balaban J connectivity index is 1.25. The van der Waals surface area contributed by atoms with Gasteiger partial charge in [-0.2, -0.15) is 0 Å². The zero-order valence-corrected chi connectivity index (χ0v) is 19.3. The summed E-state index contributed by atoms with van der Waals surface area (Å²) in [7, 11) is 1.73. The molecule has 1 saturated heterocycles. The third-order valence-corrected chi connectivity index (χ3v) is 6.30. The molecule has 2 aliphatic heterocycles. The van der Waals surface area contributed by atoms with Crippen molar-refractivity contribution >= 4 is 11.6 Å². The molecule has 0 aromatic heterocycles. The third-order valence-electron chi connectivity index (χ3n) is 6.30. The predicted octanol–water partition coefficient (Wildman–Crippen LogP) is 4.30. The molecule has 2 aromatic carbocycles. The van der Waals surface area contributed by atoms with Gasteiger partial charge >= 0.3 is 0 Å². The van der Waals surface area contributed by atoms with Crippen LogP contribution in [-0.2, 0) is 0 Å². The second kappa shape index (κ2) is 10.1. The Kier molecular flexibility index (Phi) is 7.00.